The van der Waals surface area contributed by atoms with Gasteiger partial charge in [-0.2, -0.15) is 0 Å². The molecular formula is C23H21F2NO5S. The van der Waals surface area contributed by atoms with Crippen LogP contribution in [0, 0.1) is 18.6 Å². The van der Waals surface area contributed by atoms with Gasteiger partial charge in [-0.25, -0.2) is 26.7 Å². The summed E-state index contributed by atoms with van der Waals surface area (Å²) in [7, 11) is -2.58. The predicted molar refractivity (Wildman–Crippen MR) is 114 cm³/mol. The zero-order valence-corrected chi connectivity index (χ0v) is 18.2. The van der Waals surface area contributed by atoms with Crippen LogP contribution in [0.3, 0.4) is 0 Å². The molecule has 0 radical (unpaired) electrons. The first-order valence-electron chi connectivity index (χ1n) is 9.60. The molecule has 0 unspecified atom stereocenters. The van der Waals surface area contributed by atoms with E-state index in [1.54, 1.807) is 37.3 Å². The number of ether oxygens (including phenoxy) is 2. The summed E-state index contributed by atoms with van der Waals surface area (Å²) in [6, 6.07) is 14.3. The summed E-state index contributed by atoms with van der Waals surface area (Å²) in [4.78, 5) is 11.8. The number of carbonyl (C=O) groups excluding carboxylic acids is 1. The molecule has 0 aliphatic rings. The molecule has 0 saturated heterocycles. The fourth-order valence-corrected chi connectivity index (χ4v) is 3.97. The summed E-state index contributed by atoms with van der Waals surface area (Å²) >= 11 is 0. The number of benzene rings is 3. The van der Waals surface area contributed by atoms with E-state index < -0.39 is 27.6 Å². The third-order valence-corrected chi connectivity index (χ3v) is 6.14. The van der Waals surface area contributed by atoms with E-state index in [2.05, 4.69) is 9.46 Å². The maximum atomic E-state index is 13.3. The van der Waals surface area contributed by atoms with E-state index in [-0.39, 0.29) is 22.8 Å². The largest absolute Gasteiger partial charge is 0.465 e. The first-order valence-corrected chi connectivity index (χ1v) is 11.1. The van der Waals surface area contributed by atoms with Crippen LogP contribution >= 0.6 is 0 Å². The molecule has 0 atom stereocenters. The minimum atomic E-state index is -3.82. The number of nitrogens with one attached hydrogen (secondary N) is 1. The van der Waals surface area contributed by atoms with Crippen LogP contribution < -0.4 is 9.46 Å². The van der Waals surface area contributed by atoms with Gasteiger partial charge in [0.25, 0.3) is 0 Å². The van der Waals surface area contributed by atoms with E-state index in [9.17, 15) is 22.0 Å². The van der Waals surface area contributed by atoms with Crippen molar-refractivity contribution in [3.8, 4) is 11.5 Å². The van der Waals surface area contributed by atoms with Gasteiger partial charge in [-0.15, -0.1) is 0 Å². The second-order valence-corrected chi connectivity index (χ2v) is 8.70. The summed E-state index contributed by atoms with van der Waals surface area (Å²) in [5.74, 6) is -1.98. The molecule has 168 valence electrons. The molecule has 0 bridgehead atoms. The number of esters is 1. The molecule has 0 fully saturated rings. The van der Waals surface area contributed by atoms with Gasteiger partial charge in [-0.05, 0) is 60.9 Å². The van der Waals surface area contributed by atoms with E-state index >= 15 is 0 Å². The Hall–Kier alpha value is -3.30. The highest BCUT2D eigenvalue weighted by atomic mass is 32.2. The fourth-order valence-electron chi connectivity index (χ4n) is 2.91. The van der Waals surface area contributed by atoms with Crippen LogP contribution in [-0.2, 0) is 21.2 Å². The van der Waals surface area contributed by atoms with Crippen molar-refractivity contribution in [2.75, 3.05) is 13.7 Å². The molecule has 1 N–H and O–H groups in total. The highest BCUT2D eigenvalue weighted by molar-refractivity contribution is 7.89. The summed E-state index contributed by atoms with van der Waals surface area (Å²) in [5, 5.41) is 0. The Morgan fingerprint density at radius 1 is 0.938 bits per heavy atom. The van der Waals surface area contributed by atoms with Crippen molar-refractivity contribution in [1.82, 2.24) is 4.72 Å². The Bertz CT molecular complexity index is 1230. The second kappa shape index (κ2) is 9.88. The zero-order valence-electron chi connectivity index (χ0n) is 17.4. The minimum absolute atomic E-state index is 0.0289. The number of halogens is 2. The van der Waals surface area contributed by atoms with Crippen LogP contribution in [0.4, 0.5) is 8.78 Å². The van der Waals surface area contributed by atoms with Crippen molar-refractivity contribution in [2.45, 2.75) is 18.2 Å². The molecule has 0 aromatic heterocycles. The lowest BCUT2D eigenvalue weighted by atomic mass is 10.1. The lowest BCUT2D eigenvalue weighted by molar-refractivity contribution is 0.0599. The van der Waals surface area contributed by atoms with Crippen molar-refractivity contribution >= 4 is 16.0 Å². The fraction of sp³-hybridized carbons (Fsp3) is 0.174. The molecular weight excluding hydrogens is 440 g/mol. The highest BCUT2D eigenvalue weighted by Gasteiger charge is 2.18. The van der Waals surface area contributed by atoms with Crippen LogP contribution in [0.5, 0.6) is 11.5 Å². The van der Waals surface area contributed by atoms with Crippen molar-refractivity contribution in [1.29, 1.82) is 0 Å². The first-order chi connectivity index (χ1) is 15.2. The van der Waals surface area contributed by atoms with Crippen LogP contribution in [-0.4, -0.2) is 28.0 Å². The van der Waals surface area contributed by atoms with E-state index in [1.807, 2.05) is 0 Å². The lowest BCUT2D eigenvalue weighted by Gasteiger charge is -2.10. The van der Waals surface area contributed by atoms with Crippen LogP contribution in [0.1, 0.15) is 21.5 Å². The summed E-state index contributed by atoms with van der Waals surface area (Å²) < 4.78 is 64.1. The van der Waals surface area contributed by atoms with Gasteiger partial charge in [0.15, 0.2) is 11.6 Å². The van der Waals surface area contributed by atoms with Crippen LogP contribution in [0.2, 0.25) is 0 Å². The number of carbonyl (C=O) groups is 1. The standard InChI is InChI=1S/C23H21F2NO5S/c1-15-3-9-19(14-20(15)23(27)30-2)32(28,29)26-12-11-16-4-6-17(7-5-16)31-18-8-10-21(24)22(25)13-18/h3-10,13-14,26H,11-12H2,1-2H3. The predicted octanol–water partition coefficient (Wildman–Crippen LogP) is 4.37. The number of rotatable bonds is 8. The average Bonchev–Trinajstić information content (AvgIpc) is 2.77. The number of aryl methyl sites for hydroxylation is 1. The second-order valence-electron chi connectivity index (χ2n) is 6.94. The number of hydrogen-bond donors (Lipinski definition) is 1. The molecule has 0 aliphatic carbocycles. The number of methoxy groups -OCH3 is 1. The van der Waals surface area contributed by atoms with Crippen molar-refractivity contribution < 1.29 is 31.5 Å². The Morgan fingerprint density at radius 3 is 2.28 bits per heavy atom. The normalized spacial score (nSPS) is 11.2. The van der Waals surface area contributed by atoms with Gasteiger partial charge < -0.3 is 9.47 Å². The van der Waals surface area contributed by atoms with E-state index in [0.29, 0.717) is 17.7 Å². The van der Waals surface area contributed by atoms with Gasteiger partial charge in [0.2, 0.25) is 10.0 Å². The smallest absolute Gasteiger partial charge is 0.338 e. The SMILES string of the molecule is COC(=O)c1cc(S(=O)(=O)NCCc2ccc(Oc3ccc(F)c(F)c3)cc2)ccc1C. The molecule has 3 aromatic carbocycles. The summed E-state index contributed by atoms with van der Waals surface area (Å²) in [6.45, 7) is 1.82. The van der Waals surface area contributed by atoms with Gasteiger partial charge in [0.05, 0.1) is 17.6 Å². The Labute approximate surface area is 184 Å². The quantitative estimate of drug-likeness (QED) is 0.504. The molecule has 0 spiro atoms. The van der Waals surface area contributed by atoms with Gasteiger partial charge in [0.1, 0.15) is 11.5 Å². The van der Waals surface area contributed by atoms with Crippen molar-refractivity contribution in [2.24, 2.45) is 0 Å². The van der Waals surface area contributed by atoms with Crippen molar-refractivity contribution in [3.63, 3.8) is 0 Å². The van der Waals surface area contributed by atoms with Crippen molar-refractivity contribution in [3.05, 3.63) is 89.0 Å². The van der Waals surface area contributed by atoms with E-state index in [1.165, 1.54) is 25.3 Å². The molecule has 0 aliphatic heterocycles. The summed E-state index contributed by atoms with van der Waals surface area (Å²) in [5.41, 5.74) is 1.64. The molecule has 0 heterocycles. The maximum Gasteiger partial charge on any atom is 0.338 e. The Balaban J connectivity index is 1.60. The average molecular weight is 461 g/mol. The van der Waals surface area contributed by atoms with Gasteiger partial charge in [-0.3, -0.25) is 0 Å². The van der Waals surface area contributed by atoms with Gasteiger partial charge >= 0.3 is 5.97 Å². The Kier molecular flexibility index (Phi) is 7.22. The van der Waals surface area contributed by atoms with Crippen LogP contribution in [0.25, 0.3) is 0 Å². The number of sulfonamides is 1. The monoisotopic (exact) mass is 461 g/mol. The first kappa shape index (κ1) is 23.4. The molecule has 3 rings (SSSR count). The van der Waals surface area contributed by atoms with E-state index in [0.717, 1.165) is 17.7 Å². The third kappa shape index (κ3) is 5.68. The Morgan fingerprint density at radius 2 is 1.62 bits per heavy atom. The molecule has 6 nitrogen and oxygen atoms in total. The van der Waals surface area contributed by atoms with E-state index in [4.69, 9.17) is 4.74 Å². The molecule has 0 saturated carbocycles. The highest BCUT2D eigenvalue weighted by Crippen LogP contribution is 2.23. The minimum Gasteiger partial charge on any atom is -0.465 e. The van der Waals surface area contributed by atoms with Gasteiger partial charge in [0, 0.05) is 12.6 Å². The lowest BCUT2D eigenvalue weighted by Crippen LogP contribution is -2.26. The topological polar surface area (TPSA) is 81.7 Å². The van der Waals surface area contributed by atoms with Gasteiger partial charge in [-0.1, -0.05) is 18.2 Å². The number of hydrogen-bond acceptors (Lipinski definition) is 5. The third-order valence-electron chi connectivity index (χ3n) is 4.68. The molecule has 0 amide bonds. The molecule has 3 aromatic rings. The maximum absolute atomic E-state index is 13.3. The molecule has 9 heteroatoms. The zero-order chi connectivity index (χ0) is 23.3. The van der Waals surface area contributed by atoms with Crippen LogP contribution in [0.15, 0.2) is 65.6 Å². The molecule has 32 heavy (non-hydrogen) atoms. The summed E-state index contributed by atoms with van der Waals surface area (Å²) in [6.07, 6.45) is 0.403.